The number of anilines is 1. The minimum Gasteiger partial charge on any atom is -0.492 e. The van der Waals surface area contributed by atoms with Crippen LogP contribution in [-0.4, -0.2) is 31.8 Å². The third kappa shape index (κ3) is 3.68. The van der Waals surface area contributed by atoms with Gasteiger partial charge in [0.15, 0.2) is 0 Å². The van der Waals surface area contributed by atoms with Gasteiger partial charge in [0.25, 0.3) is 0 Å². The van der Waals surface area contributed by atoms with E-state index in [1.165, 1.54) is 0 Å². The maximum absolute atomic E-state index is 12.1. The van der Waals surface area contributed by atoms with Gasteiger partial charge in [0.2, 0.25) is 5.91 Å². The normalized spacial score (nSPS) is 22.2. The van der Waals surface area contributed by atoms with Gasteiger partial charge in [-0.25, -0.2) is 0 Å². The molecule has 2 atom stereocenters. The maximum Gasteiger partial charge on any atom is 0.230 e. The van der Waals surface area contributed by atoms with E-state index in [-0.39, 0.29) is 17.9 Å². The number of benzene rings is 1. The summed E-state index contributed by atoms with van der Waals surface area (Å²) in [6, 6.07) is 7.32. The Balaban J connectivity index is 1.96. The van der Waals surface area contributed by atoms with E-state index in [4.69, 9.17) is 15.2 Å². The molecule has 1 aliphatic rings. The van der Waals surface area contributed by atoms with Gasteiger partial charge in [-0.15, -0.1) is 0 Å². The summed E-state index contributed by atoms with van der Waals surface area (Å²) in [6.45, 7) is 3.51. The number of hydrogen-bond donors (Lipinski definition) is 2. The Morgan fingerprint density at radius 2 is 2.42 bits per heavy atom. The molecule has 3 N–H and O–H groups in total. The lowest BCUT2D eigenvalue weighted by atomic mass is 10.0. The third-order valence-corrected chi connectivity index (χ3v) is 3.20. The minimum atomic E-state index is -0.0754. The van der Waals surface area contributed by atoms with E-state index in [1.54, 1.807) is 6.07 Å². The van der Waals surface area contributed by atoms with Crippen LogP contribution in [-0.2, 0) is 9.53 Å². The highest BCUT2D eigenvalue weighted by Gasteiger charge is 2.30. The van der Waals surface area contributed by atoms with Crippen LogP contribution in [0.2, 0.25) is 0 Å². The van der Waals surface area contributed by atoms with Gasteiger partial charge < -0.3 is 20.5 Å². The number of amides is 1. The van der Waals surface area contributed by atoms with Crippen LogP contribution >= 0.6 is 0 Å². The molecule has 2 unspecified atom stereocenters. The van der Waals surface area contributed by atoms with Gasteiger partial charge in [-0.05, 0) is 25.5 Å². The summed E-state index contributed by atoms with van der Waals surface area (Å²) >= 11 is 0. The van der Waals surface area contributed by atoms with Crippen molar-refractivity contribution in [2.24, 2.45) is 11.7 Å². The summed E-state index contributed by atoms with van der Waals surface area (Å²) in [6.07, 6.45) is 0.757. The highest BCUT2D eigenvalue weighted by Crippen LogP contribution is 2.23. The molecule has 1 saturated heterocycles. The summed E-state index contributed by atoms with van der Waals surface area (Å²) in [5.41, 5.74) is 6.12. The van der Waals surface area contributed by atoms with E-state index >= 15 is 0 Å². The molecule has 104 valence electrons. The second-order valence-electron chi connectivity index (χ2n) is 4.63. The molecule has 5 nitrogen and oxygen atoms in total. The van der Waals surface area contributed by atoms with E-state index in [0.717, 1.165) is 12.1 Å². The zero-order valence-corrected chi connectivity index (χ0v) is 11.1. The highest BCUT2D eigenvalue weighted by molar-refractivity contribution is 5.93. The van der Waals surface area contributed by atoms with Crippen LogP contribution in [0, 0.1) is 5.92 Å². The van der Waals surface area contributed by atoms with Crippen LogP contribution in [0.3, 0.4) is 0 Å². The van der Waals surface area contributed by atoms with Gasteiger partial charge in [0.1, 0.15) is 12.4 Å². The molecular formula is C14H20N2O3. The largest absolute Gasteiger partial charge is 0.492 e. The fourth-order valence-corrected chi connectivity index (χ4v) is 2.15. The second kappa shape index (κ2) is 6.54. The molecule has 0 aromatic heterocycles. The SMILES string of the molecule is CC1OCCC1C(=O)Nc1cccc(OCCN)c1. The fraction of sp³-hybridized carbons (Fsp3) is 0.500. The van der Waals surface area contributed by atoms with E-state index < -0.39 is 0 Å². The lowest BCUT2D eigenvalue weighted by Crippen LogP contribution is -2.27. The van der Waals surface area contributed by atoms with E-state index in [0.29, 0.717) is 25.5 Å². The summed E-state index contributed by atoms with van der Waals surface area (Å²) in [5.74, 6) is 0.633. The lowest BCUT2D eigenvalue weighted by Gasteiger charge is -2.14. The molecule has 1 aliphatic heterocycles. The van der Waals surface area contributed by atoms with Crippen LogP contribution in [0.25, 0.3) is 0 Å². The smallest absolute Gasteiger partial charge is 0.230 e. The van der Waals surface area contributed by atoms with E-state index in [1.807, 2.05) is 25.1 Å². The van der Waals surface area contributed by atoms with Crippen molar-refractivity contribution < 1.29 is 14.3 Å². The van der Waals surface area contributed by atoms with Crippen molar-refractivity contribution in [2.45, 2.75) is 19.4 Å². The van der Waals surface area contributed by atoms with E-state index in [2.05, 4.69) is 5.32 Å². The summed E-state index contributed by atoms with van der Waals surface area (Å²) in [7, 11) is 0. The number of nitrogens with two attached hydrogens (primary N) is 1. The Bertz CT molecular complexity index is 436. The predicted octanol–water partition coefficient (Wildman–Crippen LogP) is 1.39. The van der Waals surface area contributed by atoms with E-state index in [9.17, 15) is 4.79 Å². The maximum atomic E-state index is 12.1. The van der Waals surface area contributed by atoms with Gasteiger partial charge in [-0.3, -0.25) is 4.79 Å². The Labute approximate surface area is 113 Å². The first-order valence-corrected chi connectivity index (χ1v) is 6.56. The van der Waals surface area contributed by atoms with Crippen molar-refractivity contribution in [2.75, 3.05) is 25.1 Å². The quantitative estimate of drug-likeness (QED) is 0.842. The zero-order chi connectivity index (χ0) is 13.7. The van der Waals surface area contributed by atoms with Crippen LogP contribution < -0.4 is 15.8 Å². The summed E-state index contributed by atoms with van der Waals surface area (Å²) in [5, 5.41) is 2.90. The van der Waals surface area contributed by atoms with Gasteiger partial charge in [-0.1, -0.05) is 6.07 Å². The molecule has 1 aromatic carbocycles. The second-order valence-corrected chi connectivity index (χ2v) is 4.63. The summed E-state index contributed by atoms with van der Waals surface area (Å²) < 4.78 is 10.8. The van der Waals surface area contributed by atoms with Crippen molar-refractivity contribution >= 4 is 11.6 Å². The van der Waals surface area contributed by atoms with Gasteiger partial charge in [0.05, 0.1) is 12.0 Å². The monoisotopic (exact) mass is 264 g/mol. The average Bonchev–Trinajstić information content (AvgIpc) is 2.83. The molecule has 1 aromatic rings. The Morgan fingerprint density at radius 3 is 3.11 bits per heavy atom. The van der Waals surface area contributed by atoms with Crippen LogP contribution in [0.15, 0.2) is 24.3 Å². The number of nitrogens with one attached hydrogen (secondary N) is 1. The number of carbonyl (C=O) groups is 1. The first-order chi connectivity index (χ1) is 9.20. The average molecular weight is 264 g/mol. The lowest BCUT2D eigenvalue weighted by molar-refractivity contribution is -0.121. The topological polar surface area (TPSA) is 73.6 Å². The summed E-state index contributed by atoms with van der Waals surface area (Å²) in [4.78, 5) is 12.1. The molecule has 19 heavy (non-hydrogen) atoms. The molecule has 0 aliphatic carbocycles. The van der Waals surface area contributed by atoms with Crippen LogP contribution in [0.4, 0.5) is 5.69 Å². The van der Waals surface area contributed by atoms with Gasteiger partial charge in [0, 0.05) is 24.9 Å². The van der Waals surface area contributed by atoms with Crippen molar-refractivity contribution in [1.29, 1.82) is 0 Å². The third-order valence-electron chi connectivity index (χ3n) is 3.20. The highest BCUT2D eigenvalue weighted by atomic mass is 16.5. The first kappa shape index (κ1) is 13.8. The fourth-order valence-electron chi connectivity index (χ4n) is 2.15. The molecule has 1 heterocycles. The Kier molecular flexibility index (Phi) is 4.76. The molecule has 5 heteroatoms. The standard InChI is InChI=1S/C14H20N2O3/c1-10-13(5-7-18-10)14(17)16-11-3-2-4-12(9-11)19-8-6-15/h2-4,9-10,13H,5-8,15H2,1H3,(H,16,17). The van der Waals surface area contributed by atoms with Gasteiger partial charge >= 0.3 is 0 Å². The minimum absolute atomic E-state index is 0.000903. The van der Waals surface area contributed by atoms with Crippen molar-refractivity contribution in [3.8, 4) is 5.75 Å². The predicted molar refractivity (Wildman–Crippen MR) is 73.1 cm³/mol. The zero-order valence-electron chi connectivity index (χ0n) is 11.1. The number of ether oxygens (including phenoxy) is 2. The van der Waals surface area contributed by atoms with Crippen molar-refractivity contribution in [3.63, 3.8) is 0 Å². The van der Waals surface area contributed by atoms with Crippen LogP contribution in [0.5, 0.6) is 5.75 Å². The number of carbonyl (C=O) groups excluding carboxylic acids is 1. The Hall–Kier alpha value is -1.59. The number of hydrogen-bond acceptors (Lipinski definition) is 4. The molecular weight excluding hydrogens is 244 g/mol. The van der Waals surface area contributed by atoms with Crippen molar-refractivity contribution in [3.05, 3.63) is 24.3 Å². The molecule has 0 saturated carbocycles. The molecule has 1 amide bonds. The molecule has 0 bridgehead atoms. The molecule has 1 fully saturated rings. The number of rotatable bonds is 5. The van der Waals surface area contributed by atoms with Gasteiger partial charge in [-0.2, -0.15) is 0 Å². The first-order valence-electron chi connectivity index (χ1n) is 6.56. The molecule has 2 rings (SSSR count). The molecule has 0 radical (unpaired) electrons. The molecule has 0 spiro atoms. The Morgan fingerprint density at radius 1 is 1.58 bits per heavy atom. The van der Waals surface area contributed by atoms with Crippen molar-refractivity contribution in [1.82, 2.24) is 0 Å². The van der Waals surface area contributed by atoms with Crippen LogP contribution in [0.1, 0.15) is 13.3 Å².